The first-order chi connectivity index (χ1) is 10.4. The average Bonchev–Trinajstić information content (AvgIpc) is 2.56. The molecule has 1 aliphatic rings. The fourth-order valence-electron chi connectivity index (χ4n) is 2.41. The zero-order chi connectivity index (χ0) is 15.9. The van der Waals surface area contributed by atoms with Crippen molar-refractivity contribution in [3.8, 4) is 5.75 Å². The molecule has 22 heavy (non-hydrogen) atoms. The number of carbonyl (C=O) groups excluding carboxylic acids is 1. The van der Waals surface area contributed by atoms with Gasteiger partial charge in [0.1, 0.15) is 17.4 Å². The highest BCUT2D eigenvalue weighted by atomic mass is 35.5. The zero-order valence-corrected chi connectivity index (χ0v) is 12.4. The minimum atomic E-state index is -0.770. The Balaban J connectivity index is 2.08. The van der Waals surface area contributed by atoms with Crippen LogP contribution in [0.2, 0.25) is 5.02 Å². The maximum Gasteiger partial charge on any atom is 0.268 e. The van der Waals surface area contributed by atoms with E-state index in [2.05, 4.69) is 0 Å². The molecule has 0 aromatic heterocycles. The molecule has 0 aliphatic carbocycles. The maximum absolute atomic E-state index is 13.4. The van der Waals surface area contributed by atoms with E-state index in [9.17, 15) is 13.6 Å². The number of carbonyl (C=O) groups is 1. The van der Waals surface area contributed by atoms with Crippen LogP contribution in [0.3, 0.4) is 0 Å². The number of hydrogen-bond donors (Lipinski definition) is 0. The fraction of sp³-hybridized carbons (Fsp3) is 0.188. The van der Waals surface area contributed by atoms with Gasteiger partial charge in [0.25, 0.3) is 5.91 Å². The van der Waals surface area contributed by atoms with Crippen LogP contribution in [-0.2, 0) is 11.3 Å². The van der Waals surface area contributed by atoms with Gasteiger partial charge >= 0.3 is 0 Å². The first-order valence-electron chi connectivity index (χ1n) is 6.66. The van der Waals surface area contributed by atoms with Crippen LogP contribution >= 0.6 is 11.6 Å². The highest BCUT2D eigenvalue weighted by molar-refractivity contribution is 6.30. The van der Waals surface area contributed by atoms with Crippen molar-refractivity contribution in [3.63, 3.8) is 0 Å². The lowest BCUT2D eigenvalue weighted by atomic mass is 10.1. The van der Waals surface area contributed by atoms with Gasteiger partial charge in [-0.1, -0.05) is 11.6 Å². The second-order valence-electron chi connectivity index (χ2n) is 5.06. The van der Waals surface area contributed by atoms with E-state index in [0.717, 1.165) is 18.2 Å². The predicted molar refractivity (Wildman–Crippen MR) is 79.1 cm³/mol. The molecule has 0 spiro atoms. The van der Waals surface area contributed by atoms with Crippen molar-refractivity contribution in [2.45, 2.75) is 19.6 Å². The van der Waals surface area contributed by atoms with Crippen LogP contribution in [0.5, 0.6) is 5.75 Å². The molecule has 0 N–H and O–H groups in total. The quantitative estimate of drug-likeness (QED) is 0.795. The monoisotopic (exact) mass is 323 g/mol. The van der Waals surface area contributed by atoms with E-state index in [1.165, 1.54) is 4.90 Å². The van der Waals surface area contributed by atoms with Gasteiger partial charge in [0.2, 0.25) is 0 Å². The molecule has 0 radical (unpaired) electrons. The molecule has 1 unspecified atom stereocenters. The molecule has 0 saturated carbocycles. The Kier molecular flexibility index (Phi) is 3.74. The Morgan fingerprint density at radius 2 is 1.86 bits per heavy atom. The topological polar surface area (TPSA) is 29.5 Å². The molecule has 1 heterocycles. The van der Waals surface area contributed by atoms with Crippen LogP contribution in [0, 0.1) is 11.6 Å². The molecule has 6 heteroatoms. The van der Waals surface area contributed by atoms with Crippen molar-refractivity contribution in [1.82, 2.24) is 0 Å². The summed E-state index contributed by atoms with van der Waals surface area (Å²) in [4.78, 5) is 13.7. The molecule has 0 bridgehead atoms. The Morgan fingerprint density at radius 1 is 1.18 bits per heavy atom. The van der Waals surface area contributed by atoms with Crippen molar-refractivity contribution in [1.29, 1.82) is 0 Å². The van der Waals surface area contributed by atoms with Gasteiger partial charge in [0.15, 0.2) is 6.10 Å². The summed E-state index contributed by atoms with van der Waals surface area (Å²) in [7, 11) is 0. The van der Waals surface area contributed by atoms with E-state index in [1.54, 1.807) is 25.1 Å². The summed E-state index contributed by atoms with van der Waals surface area (Å²) in [5.41, 5.74) is 0.820. The standard InChI is InChI=1S/C16H12ClF2NO2/c1-9-16(21)20(14-6-12(18)5-13(19)7-14)8-10-4-11(17)2-3-15(10)22-9/h2-7,9H,8H2,1H3. The van der Waals surface area contributed by atoms with Gasteiger partial charge in [-0.2, -0.15) is 0 Å². The van der Waals surface area contributed by atoms with Gasteiger partial charge in [0, 0.05) is 22.3 Å². The van der Waals surface area contributed by atoms with Gasteiger partial charge in [-0.15, -0.1) is 0 Å². The molecule has 3 rings (SSSR count). The number of anilines is 1. The molecule has 114 valence electrons. The Morgan fingerprint density at radius 3 is 2.55 bits per heavy atom. The molecular weight excluding hydrogens is 312 g/mol. The minimum absolute atomic E-state index is 0.127. The molecule has 1 atom stereocenters. The smallest absolute Gasteiger partial charge is 0.268 e. The van der Waals surface area contributed by atoms with E-state index in [4.69, 9.17) is 16.3 Å². The van der Waals surface area contributed by atoms with E-state index in [-0.39, 0.29) is 18.1 Å². The van der Waals surface area contributed by atoms with Crippen molar-refractivity contribution < 1.29 is 18.3 Å². The van der Waals surface area contributed by atoms with Crippen LogP contribution in [0.4, 0.5) is 14.5 Å². The van der Waals surface area contributed by atoms with Crippen LogP contribution in [0.25, 0.3) is 0 Å². The SMILES string of the molecule is CC1Oc2ccc(Cl)cc2CN(c2cc(F)cc(F)c2)C1=O. The van der Waals surface area contributed by atoms with Crippen LogP contribution < -0.4 is 9.64 Å². The largest absolute Gasteiger partial charge is 0.481 e. The summed E-state index contributed by atoms with van der Waals surface area (Å²) in [6, 6.07) is 8.00. The van der Waals surface area contributed by atoms with E-state index >= 15 is 0 Å². The summed E-state index contributed by atoms with van der Waals surface area (Å²) in [5, 5.41) is 0.495. The van der Waals surface area contributed by atoms with Crippen LogP contribution in [0.1, 0.15) is 12.5 Å². The number of fused-ring (bicyclic) bond motifs is 1. The number of benzene rings is 2. The Bertz CT molecular complexity index is 731. The predicted octanol–water partition coefficient (Wildman–Crippen LogP) is 3.93. The van der Waals surface area contributed by atoms with Crippen molar-refractivity contribution in [3.05, 3.63) is 58.6 Å². The molecular formula is C16H12ClF2NO2. The highest BCUT2D eigenvalue weighted by Gasteiger charge is 2.29. The summed E-state index contributed by atoms with van der Waals surface area (Å²) in [5.74, 6) is -1.33. The van der Waals surface area contributed by atoms with Gasteiger partial charge in [-0.3, -0.25) is 4.79 Å². The number of rotatable bonds is 1. The molecule has 0 fully saturated rings. The normalized spacial score (nSPS) is 17.7. The number of amides is 1. The third kappa shape index (κ3) is 2.76. The highest BCUT2D eigenvalue weighted by Crippen LogP contribution is 2.31. The Labute approximate surface area is 131 Å². The summed E-state index contributed by atoms with van der Waals surface area (Å²) >= 11 is 5.97. The number of nitrogens with zero attached hydrogens (tertiary/aromatic N) is 1. The van der Waals surface area contributed by atoms with Gasteiger partial charge < -0.3 is 9.64 Å². The van der Waals surface area contributed by atoms with E-state index in [1.807, 2.05) is 0 Å². The van der Waals surface area contributed by atoms with Gasteiger partial charge in [0.05, 0.1) is 6.54 Å². The lowest BCUT2D eigenvalue weighted by Gasteiger charge is -2.22. The van der Waals surface area contributed by atoms with Crippen LogP contribution in [0.15, 0.2) is 36.4 Å². The lowest BCUT2D eigenvalue weighted by Crippen LogP contribution is -2.38. The van der Waals surface area contributed by atoms with Crippen molar-refractivity contribution >= 4 is 23.2 Å². The number of halogens is 3. The average molecular weight is 324 g/mol. The maximum atomic E-state index is 13.4. The van der Waals surface area contributed by atoms with Gasteiger partial charge in [-0.05, 0) is 37.3 Å². The molecule has 2 aromatic rings. The summed E-state index contributed by atoms with van der Waals surface area (Å²) in [6.07, 6.45) is -0.770. The second-order valence-corrected chi connectivity index (χ2v) is 5.50. The first kappa shape index (κ1) is 14.8. The molecule has 2 aromatic carbocycles. The first-order valence-corrected chi connectivity index (χ1v) is 7.04. The fourth-order valence-corrected chi connectivity index (χ4v) is 2.60. The van der Waals surface area contributed by atoms with E-state index < -0.39 is 17.7 Å². The summed E-state index contributed by atoms with van der Waals surface area (Å²) < 4.78 is 32.5. The number of hydrogen-bond acceptors (Lipinski definition) is 2. The lowest BCUT2D eigenvalue weighted by molar-refractivity contribution is -0.124. The van der Waals surface area contributed by atoms with Crippen LogP contribution in [-0.4, -0.2) is 12.0 Å². The third-order valence-corrected chi connectivity index (χ3v) is 3.66. The molecule has 3 nitrogen and oxygen atoms in total. The zero-order valence-electron chi connectivity index (χ0n) is 11.6. The van der Waals surface area contributed by atoms with E-state index in [0.29, 0.717) is 16.3 Å². The summed E-state index contributed by atoms with van der Waals surface area (Å²) in [6.45, 7) is 1.72. The minimum Gasteiger partial charge on any atom is -0.481 e. The molecule has 1 amide bonds. The third-order valence-electron chi connectivity index (χ3n) is 3.43. The Hall–Kier alpha value is -2.14. The van der Waals surface area contributed by atoms with Gasteiger partial charge in [-0.25, -0.2) is 8.78 Å². The molecule has 0 saturated heterocycles. The second kappa shape index (κ2) is 5.57. The van der Waals surface area contributed by atoms with Crippen molar-refractivity contribution in [2.75, 3.05) is 4.90 Å². The van der Waals surface area contributed by atoms with Crippen molar-refractivity contribution in [2.24, 2.45) is 0 Å². The molecule has 1 aliphatic heterocycles. The number of ether oxygens (including phenoxy) is 1.